The SMILES string of the molecule is CN(c1nccc(C#N)c1Cl)C1CCC(=O)CC1. The van der Waals surface area contributed by atoms with Gasteiger partial charge in [-0.05, 0) is 18.9 Å². The van der Waals surface area contributed by atoms with Crippen molar-refractivity contribution >= 4 is 23.2 Å². The number of carbonyl (C=O) groups is 1. The van der Waals surface area contributed by atoms with Gasteiger partial charge in [0, 0.05) is 32.1 Å². The Morgan fingerprint density at radius 3 is 2.78 bits per heavy atom. The monoisotopic (exact) mass is 263 g/mol. The lowest BCUT2D eigenvalue weighted by Gasteiger charge is -2.32. The predicted molar refractivity (Wildman–Crippen MR) is 69.6 cm³/mol. The minimum atomic E-state index is 0.265. The highest BCUT2D eigenvalue weighted by Gasteiger charge is 2.24. The molecule has 1 aliphatic rings. The summed E-state index contributed by atoms with van der Waals surface area (Å²) in [5.74, 6) is 0.944. The molecule has 94 valence electrons. The third-order valence-corrected chi connectivity index (χ3v) is 3.76. The number of anilines is 1. The number of hydrogen-bond acceptors (Lipinski definition) is 4. The van der Waals surface area contributed by atoms with E-state index in [1.165, 1.54) is 0 Å². The maximum absolute atomic E-state index is 11.2. The third-order valence-electron chi connectivity index (χ3n) is 3.39. The van der Waals surface area contributed by atoms with Crippen LogP contribution in [0.25, 0.3) is 0 Å². The molecule has 0 bridgehead atoms. The summed E-state index contributed by atoms with van der Waals surface area (Å²) >= 11 is 6.16. The molecule has 1 heterocycles. The lowest BCUT2D eigenvalue weighted by molar-refractivity contribution is -0.120. The summed E-state index contributed by atoms with van der Waals surface area (Å²) in [6.07, 6.45) is 4.47. The lowest BCUT2D eigenvalue weighted by atomic mass is 9.93. The quantitative estimate of drug-likeness (QED) is 0.823. The number of halogens is 1. The number of ketones is 1. The molecule has 1 saturated carbocycles. The van der Waals surface area contributed by atoms with Crippen LogP contribution in [0.4, 0.5) is 5.82 Å². The fraction of sp³-hybridized carbons (Fsp3) is 0.462. The number of aromatic nitrogens is 1. The fourth-order valence-electron chi connectivity index (χ4n) is 2.25. The predicted octanol–water partition coefficient (Wildman–Crippen LogP) is 2.55. The van der Waals surface area contributed by atoms with Gasteiger partial charge >= 0.3 is 0 Å². The second-order valence-corrected chi connectivity index (χ2v) is 4.87. The van der Waals surface area contributed by atoms with Crippen LogP contribution in [0, 0.1) is 11.3 Å². The molecule has 1 aliphatic carbocycles. The topological polar surface area (TPSA) is 57.0 Å². The van der Waals surface area contributed by atoms with Crippen LogP contribution in [0.5, 0.6) is 0 Å². The average molecular weight is 264 g/mol. The highest BCUT2D eigenvalue weighted by Crippen LogP contribution is 2.30. The summed E-state index contributed by atoms with van der Waals surface area (Å²) < 4.78 is 0. The average Bonchev–Trinajstić information content (AvgIpc) is 2.39. The van der Waals surface area contributed by atoms with Gasteiger partial charge in [-0.3, -0.25) is 4.79 Å². The highest BCUT2D eigenvalue weighted by molar-refractivity contribution is 6.34. The zero-order chi connectivity index (χ0) is 13.1. The van der Waals surface area contributed by atoms with Crippen LogP contribution in [-0.4, -0.2) is 23.9 Å². The van der Waals surface area contributed by atoms with Gasteiger partial charge in [0.25, 0.3) is 0 Å². The smallest absolute Gasteiger partial charge is 0.148 e. The van der Waals surface area contributed by atoms with Crippen LogP contribution in [0.2, 0.25) is 5.02 Å². The lowest BCUT2D eigenvalue weighted by Crippen LogP contribution is -2.36. The van der Waals surface area contributed by atoms with E-state index in [2.05, 4.69) is 4.98 Å². The van der Waals surface area contributed by atoms with Gasteiger partial charge in [-0.2, -0.15) is 5.26 Å². The third kappa shape index (κ3) is 2.46. The molecule has 0 radical (unpaired) electrons. The summed E-state index contributed by atoms with van der Waals surface area (Å²) in [7, 11) is 1.91. The number of carbonyl (C=O) groups excluding carboxylic acids is 1. The van der Waals surface area contributed by atoms with E-state index in [0.29, 0.717) is 35.0 Å². The molecule has 2 rings (SSSR count). The summed E-state index contributed by atoms with van der Waals surface area (Å²) in [5, 5.41) is 9.33. The Morgan fingerprint density at radius 2 is 2.17 bits per heavy atom. The first-order valence-electron chi connectivity index (χ1n) is 5.92. The van der Waals surface area contributed by atoms with E-state index in [9.17, 15) is 4.79 Å². The minimum Gasteiger partial charge on any atom is -0.355 e. The summed E-state index contributed by atoms with van der Waals surface area (Å²) in [4.78, 5) is 17.5. The van der Waals surface area contributed by atoms with E-state index in [1.54, 1.807) is 12.3 Å². The molecular weight excluding hydrogens is 250 g/mol. The zero-order valence-electron chi connectivity index (χ0n) is 10.2. The second-order valence-electron chi connectivity index (χ2n) is 4.49. The molecule has 5 heteroatoms. The molecule has 1 aromatic heterocycles. The first-order chi connectivity index (χ1) is 8.63. The maximum atomic E-state index is 11.2. The van der Waals surface area contributed by atoms with Crippen molar-refractivity contribution < 1.29 is 4.79 Å². The van der Waals surface area contributed by atoms with Crippen LogP contribution in [0.1, 0.15) is 31.2 Å². The Hall–Kier alpha value is -1.60. The minimum absolute atomic E-state index is 0.265. The summed E-state index contributed by atoms with van der Waals surface area (Å²) in [5.41, 5.74) is 0.431. The van der Waals surface area contributed by atoms with Crippen molar-refractivity contribution in [1.29, 1.82) is 5.26 Å². The van der Waals surface area contributed by atoms with E-state index in [-0.39, 0.29) is 6.04 Å². The van der Waals surface area contributed by atoms with E-state index >= 15 is 0 Å². The van der Waals surface area contributed by atoms with Crippen molar-refractivity contribution in [2.75, 3.05) is 11.9 Å². The van der Waals surface area contributed by atoms with Crippen molar-refractivity contribution in [3.05, 3.63) is 22.8 Å². The van der Waals surface area contributed by atoms with Gasteiger partial charge in [0.2, 0.25) is 0 Å². The van der Waals surface area contributed by atoms with Crippen molar-refractivity contribution in [2.45, 2.75) is 31.7 Å². The molecule has 0 saturated heterocycles. The van der Waals surface area contributed by atoms with E-state index in [1.807, 2.05) is 18.0 Å². The molecule has 0 aromatic carbocycles. The van der Waals surface area contributed by atoms with E-state index in [4.69, 9.17) is 16.9 Å². The number of pyridine rings is 1. The first kappa shape index (κ1) is 12.8. The molecule has 0 N–H and O–H groups in total. The number of rotatable bonds is 2. The van der Waals surface area contributed by atoms with Crippen LogP contribution in [-0.2, 0) is 4.79 Å². The van der Waals surface area contributed by atoms with Gasteiger partial charge in [-0.15, -0.1) is 0 Å². The highest BCUT2D eigenvalue weighted by atomic mass is 35.5. The van der Waals surface area contributed by atoms with Crippen molar-refractivity contribution in [1.82, 2.24) is 4.98 Å². The zero-order valence-corrected chi connectivity index (χ0v) is 10.9. The second kappa shape index (κ2) is 5.36. The largest absolute Gasteiger partial charge is 0.355 e. The Balaban J connectivity index is 2.21. The molecular formula is C13H14ClN3O. The Labute approximate surface area is 111 Å². The number of nitrogens with zero attached hydrogens (tertiary/aromatic N) is 3. The molecule has 1 aromatic rings. The van der Waals surface area contributed by atoms with Gasteiger partial charge in [-0.25, -0.2) is 4.98 Å². The molecule has 18 heavy (non-hydrogen) atoms. The van der Waals surface area contributed by atoms with Crippen LogP contribution < -0.4 is 4.90 Å². The molecule has 0 unspecified atom stereocenters. The summed E-state index contributed by atoms with van der Waals surface area (Å²) in [6.45, 7) is 0. The van der Waals surface area contributed by atoms with Crippen molar-refractivity contribution in [2.24, 2.45) is 0 Å². The standard InChI is InChI=1S/C13H14ClN3O/c1-17(10-2-4-11(18)5-3-10)13-12(14)9(8-15)6-7-16-13/h6-7,10H,2-5H2,1H3. The number of hydrogen-bond donors (Lipinski definition) is 0. The van der Waals surface area contributed by atoms with Gasteiger partial charge in [-0.1, -0.05) is 11.6 Å². The maximum Gasteiger partial charge on any atom is 0.148 e. The molecule has 1 fully saturated rings. The van der Waals surface area contributed by atoms with Gasteiger partial charge < -0.3 is 4.90 Å². The Morgan fingerprint density at radius 1 is 1.50 bits per heavy atom. The van der Waals surface area contributed by atoms with Crippen LogP contribution >= 0.6 is 11.6 Å². The molecule has 4 nitrogen and oxygen atoms in total. The molecule has 0 aliphatic heterocycles. The number of nitriles is 1. The van der Waals surface area contributed by atoms with Gasteiger partial charge in [0.05, 0.1) is 5.56 Å². The van der Waals surface area contributed by atoms with Crippen LogP contribution in [0.3, 0.4) is 0 Å². The van der Waals surface area contributed by atoms with Gasteiger partial charge in [0.15, 0.2) is 0 Å². The first-order valence-corrected chi connectivity index (χ1v) is 6.30. The van der Waals surface area contributed by atoms with Crippen molar-refractivity contribution in [3.63, 3.8) is 0 Å². The fourth-order valence-corrected chi connectivity index (χ4v) is 2.54. The normalized spacial score (nSPS) is 16.4. The van der Waals surface area contributed by atoms with E-state index in [0.717, 1.165) is 12.8 Å². The molecule has 0 spiro atoms. The Kier molecular flexibility index (Phi) is 3.83. The van der Waals surface area contributed by atoms with Crippen molar-refractivity contribution in [3.8, 4) is 6.07 Å². The molecule has 0 amide bonds. The van der Waals surface area contributed by atoms with Gasteiger partial charge in [0.1, 0.15) is 22.7 Å². The Bertz CT molecular complexity index is 499. The van der Waals surface area contributed by atoms with Crippen LogP contribution in [0.15, 0.2) is 12.3 Å². The molecule has 0 atom stereocenters. The number of Topliss-reactive ketones (excluding diaryl/α,β-unsaturated/α-hetero) is 1. The van der Waals surface area contributed by atoms with E-state index < -0.39 is 0 Å². The summed E-state index contributed by atoms with van der Waals surface area (Å²) in [6, 6.07) is 3.91.